The maximum absolute atomic E-state index is 11.5. The summed E-state index contributed by atoms with van der Waals surface area (Å²) in [5.74, 6) is 0.110. The highest BCUT2D eigenvalue weighted by molar-refractivity contribution is 7.07. The maximum atomic E-state index is 11.5. The average Bonchev–Trinajstić information content (AvgIpc) is 2.97. The third-order valence-electron chi connectivity index (χ3n) is 3.09. The van der Waals surface area contributed by atoms with E-state index in [0.717, 1.165) is 29.9 Å². The minimum Gasteiger partial charge on any atom is -0.312 e. The van der Waals surface area contributed by atoms with E-state index >= 15 is 0 Å². The van der Waals surface area contributed by atoms with Crippen molar-refractivity contribution in [3.8, 4) is 11.3 Å². The monoisotopic (exact) mass is 244 g/mol. The first-order valence-electron chi connectivity index (χ1n) is 5.55. The number of carbonyl (C=O) groups is 1. The Kier molecular flexibility index (Phi) is 2.44. The van der Waals surface area contributed by atoms with Crippen LogP contribution in [0.2, 0.25) is 0 Å². The lowest BCUT2D eigenvalue weighted by Crippen LogP contribution is -2.25. The lowest BCUT2D eigenvalue weighted by Gasteiger charge is -2.15. The molecule has 0 aliphatic carbocycles. The number of thiazole rings is 1. The Bertz CT molecular complexity index is 563. The van der Waals surface area contributed by atoms with Crippen LogP contribution in [0.15, 0.2) is 29.1 Å². The van der Waals surface area contributed by atoms with Crippen molar-refractivity contribution in [1.29, 1.82) is 0 Å². The Balaban J connectivity index is 2.07. The fraction of sp³-hybridized carbons (Fsp3) is 0.231. The number of hydrogen-bond donors (Lipinski definition) is 0. The molecular formula is C13H12N2OS. The Labute approximate surface area is 104 Å². The van der Waals surface area contributed by atoms with Gasteiger partial charge in [0.25, 0.3) is 0 Å². The van der Waals surface area contributed by atoms with Crippen molar-refractivity contribution in [1.82, 2.24) is 4.98 Å². The molecule has 0 fully saturated rings. The van der Waals surface area contributed by atoms with E-state index in [2.05, 4.69) is 23.2 Å². The van der Waals surface area contributed by atoms with Crippen LogP contribution in [-0.2, 0) is 11.2 Å². The second kappa shape index (κ2) is 3.96. The molecule has 1 aliphatic heterocycles. The summed E-state index contributed by atoms with van der Waals surface area (Å²) < 4.78 is 0. The van der Waals surface area contributed by atoms with E-state index in [0.29, 0.717) is 0 Å². The van der Waals surface area contributed by atoms with Gasteiger partial charge in [-0.25, -0.2) is 4.98 Å². The predicted molar refractivity (Wildman–Crippen MR) is 69.3 cm³/mol. The lowest BCUT2D eigenvalue weighted by atomic mass is 10.1. The highest BCUT2D eigenvalue weighted by Crippen LogP contribution is 2.32. The summed E-state index contributed by atoms with van der Waals surface area (Å²) in [6.45, 7) is 2.41. The Morgan fingerprint density at radius 3 is 3.06 bits per heavy atom. The summed E-state index contributed by atoms with van der Waals surface area (Å²) in [6.07, 6.45) is 0.951. The van der Waals surface area contributed by atoms with Gasteiger partial charge < -0.3 is 4.90 Å². The van der Waals surface area contributed by atoms with Crippen LogP contribution in [0.4, 0.5) is 5.69 Å². The smallest absolute Gasteiger partial charge is 0.223 e. The molecule has 2 aromatic rings. The number of nitrogens with zero attached hydrogens (tertiary/aromatic N) is 2. The molecule has 0 N–H and O–H groups in total. The second-order valence-electron chi connectivity index (χ2n) is 4.14. The minimum atomic E-state index is 0.110. The van der Waals surface area contributed by atoms with E-state index in [-0.39, 0.29) is 5.91 Å². The van der Waals surface area contributed by atoms with Gasteiger partial charge >= 0.3 is 0 Å². The lowest BCUT2D eigenvalue weighted by molar-refractivity contribution is -0.116. The molecule has 4 heteroatoms. The highest BCUT2D eigenvalue weighted by Gasteiger charge is 2.22. The van der Waals surface area contributed by atoms with E-state index < -0.39 is 0 Å². The van der Waals surface area contributed by atoms with Crippen molar-refractivity contribution in [3.05, 3.63) is 34.7 Å². The van der Waals surface area contributed by atoms with E-state index in [1.807, 2.05) is 15.8 Å². The van der Waals surface area contributed by atoms with Gasteiger partial charge in [0, 0.05) is 30.1 Å². The maximum Gasteiger partial charge on any atom is 0.223 e. The molecule has 0 spiro atoms. The van der Waals surface area contributed by atoms with Gasteiger partial charge in [-0.05, 0) is 18.1 Å². The molecule has 0 saturated heterocycles. The normalized spacial score (nSPS) is 13.8. The van der Waals surface area contributed by atoms with Gasteiger partial charge in [-0.2, -0.15) is 0 Å². The molecule has 1 aliphatic rings. The van der Waals surface area contributed by atoms with Crippen LogP contribution < -0.4 is 4.90 Å². The Morgan fingerprint density at radius 1 is 1.47 bits per heavy atom. The fourth-order valence-electron chi connectivity index (χ4n) is 2.22. The molecule has 0 unspecified atom stereocenters. The summed E-state index contributed by atoms with van der Waals surface area (Å²) in [7, 11) is 0. The molecule has 1 aromatic heterocycles. The molecule has 2 heterocycles. The van der Waals surface area contributed by atoms with Gasteiger partial charge in [-0.1, -0.05) is 12.1 Å². The van der Waals surface area contributed by atoms with Gasteiger partial charge in [0.15, 0.2) is 0 Å². The number of rotatable bonds is 1. The zero-order valence-corrected chi connectivity index (χ0v) is 10.3. The number of hydrogen-bond acceptors (Lipinski definition) is 3. The Hall–Kier alpha value is -1.68. The summed E-state index contributed by atoms with van der Waals surface area (Å²) in [5.41, 5.74) is 6.18. The molecular weight excluding hydrogens is 232 g/mol. The third-order valence-corrected chi connectivity index (χ3v) is 3.68. The molecule has 0 atom stereocenters. The number of aromatic nitrogens is 1. The molecule has 1 aromatic carbocycles. The second-order valence-corrected chi connectivity index (χ2v) is 4.86. The number of amides is 1. The quantitative estimate of drug-likeness (QED) is 0.772. The topological polar surface area (TPSA) is 33.2 Å². The van der Waals surface area contributed by atoms with E-state index in [1.165, 1.54) is 5.56 Å². The van der Waals surface area contributed by atoms with Gasteiger partial charge in [-0.3, -0.25) is 4.79 Å². The summed E-state index contributed by atoms with van der Waals surface area (Å²) in [4.78, 5) is 17.7. The third kappa shape index (κ3) is 1.74. The van der Waals surface area contributed by atoms with Crippen LogP contribution >= 0.6 is 11.3 Å². The Morgan fingerprint density at radius 2 is 2.35 bits per heavy atom. The first-order valence-corrected chi connectivity index (χ1v) is 6.49. The molecule has 17 heavy (non-hydrogen) atoms. The summed E-state index contributed by atoms with van der Waals surface area (Å²) >= 11 is 1.58. The number of carbonyl (C=O) groups excluding carboxylic acids is 1. The number of fused-ring (bicyclic) bond motifs is 1. The van der Waals surface area contributed by atoms with Crippen LogP contribution in [-0.4, -0.2) is 17.4 Å². The van der Waals surface area contributed by atoms with Crippen molar-refractivity contribution in [2.24, 2.45) is 0 Å². The van der Waals surface area contributed by atoms with Crippen molar-refractivity contribution < 1.29 is 4.79 Å². The first kappa shape index (κ1) is 10.5. The largest absolute Gasteiger partial charge is 0.312 e. The van der Waals surface area contributed by atoms with Crippen LogP contribution in [0, 0.1) is 0 Å². The van der Waals surface area contributed by atoms with Gasteiger partial charge in [0.05, 0.1) is 11.2 Å². The average molecular weight is 244 g/mol. The number of anilines is 1. The minimum absolute atomic E-state index is 0.110. The molecule has 0 radical (unpaired) electrons. The first-order chi connectivity index (χ1) is 8.25. The van der Waals surface area contributed by atoms with Crippen molar-refractivity contribution in [3.63, 3.8) is 0 Å². The van der Waals surface area contributed by atoms with Gasteiger partial charge in [0.2, 0.25) is 5.91 Å². The van der Waals surface area contributed by atoms with Crippen molar-refractivity contribution in [2.75, 3.05) is 11.4 Å². The highest BCUT2D eigenvalue weighted by atomic mass is 32.1. The van der Waals surface area contributed by atoms with Crippen LogP contribution in [0.3, 0.4) is 0 Å². The summed E-state index contributed by atoms with van der Waals surface area (Å²) in [5, 5.41) is 2.02. The zero-order valence-electron chi connectivity index (χ0n) is 9.51. The van der Waals surface area contributed by atoms with E-state index in [1.54, 1.807) is 18.3 Å². The standard InChI is InChI=1S/C13H12N2OS/c1-9(16)15-5-4-10-2-3-11(6-13(10)15)12-7-17-8-14-12/h2-3,6-8H,4-5H2,1H3. The zero-order chi connectivity index (χ0) is 11.8. The van der Waals surface area contributed by atoms with Crippen molar-refractivity contribution in [2.45, 2.75) is 13.3 Å². The molecule has 3 rings (SSSR count). The fourth-order valence-corrected chi connectivity index (χ4v) is 2.78. The van der Waals surface area contributed by atoms with E-state index in [4.69, 9.17) is 0 Å². The van der Waals surface area contributed by atoms with Crippen LogP contribution in [0.25, 0.3) is 11.3 Å². The van der Waals surface area contributed by atoms with Crippen molar-refractivity contribution >= 4 is 22.9 Å². The molecule has 0 bridgehead atoms. The molecule has 1 amide bonds. The van der Waals surface area contributed by atoms with E-state index in [9.17, 15) is 4.79 Å². The predicted octanol–water partition coefficient (Wildman–Crippen LogP) is 2.72. The van der Waals surface area contributed by atoms with Gasteiger partial charge in [-0.15, -0.1) is 11.3 Å². The van der Waals surface area contributed by atoms with Gasteiger partial charge in [0.1, 0.15) is 0 Å². The number of benzene rings is 1. The molecule has 3 nitrogen and oxygen atoms in total. The SMILES string of the molecule is CC(=O)N1CCc2ccc(-c3cscn3)cc21. The summed E-state index contributed by atoms with van der Waals surface area (Å²) in [6, 6.07) is 6.25. The molecule has 86 valence electrons. The van der Waals surface area contributed by atoms with Crippen LogP contribution in [0.5, 0.6) is 0 Å². The molecule has 0 saturated carbocycles. The van der Waals surface area contributed by atoms with Crippen LogP contribution in [0.1, 0.15) is 12.5 Å².